The van der Waals surface area contributed by atoms with Gasteiger partial charge in [-0.25, -0.2) is 0 Å². The zero-order valence-electron chi connectivity index (χ0n) is 10.4. The smallest absolute Gasteiger partial charge is 0.253 e. The largest absolute Gasteiger partial charge is 0.339 e. The summed E-state index contributed by atoms with van der Waals surface area (Å²) in [6, 6.07) is 3.63. The Morgan fingerprint density at radius 1 is 1.31 bits per heavy atom. The molecule has 0 unspecified atom stereocenters. The van der Waals surface area contributed by atoms with Gasteiger partial charge in [0, 0.05) is 30.5 Å². The monoisotopic (exact) mass is 220 g/mol. The molecular formula is C13H20N2O. The summed E-state index contributed by atoms with van der Waals surface area (Å²) in [4.78, 5) is 18.2. The standard InChI is InChI=1S/C13H20N2O/c1-4-8-15(9-5-2)13(16)12-6-7-14-11(3)10-12/h6-7,10H,4-5,8-9H2,1-3H3. The summed E-state index contributed by atoms with van der Waals surface area (Å²) in [5.74, 6) is 0.120. The number of carbonyl (C=O) groups excluding carboxylic acids is 1. The maximum Gasteiger partial charge on any atom is 0.253 e. The quantitative estimate of drug-likeness (QED) is 0.764. The SMILES string of the molecule is CCCN(CCC)C(=O)c1ccnc(C)c1. The average Bonchev–Trinajstić information content (AvgIpc) is 2.28. The summed E-state index contributed by atoms with van der Waals surface area (Å²) in [5.41, 5.74) is 1.63. The number of aromatic nitrogens is 1. The Balaban J connectivity index is 2.81. The lowest BCUT2D eigenvalue weighted by Gasteiger charge is -2.21. The topological polar surface area (TPSA) is 33.2 Å². The summed E-state index contributed by atoms with van der Waals surface area (Å²) >= 11 is 0. The molecule has 0 bridgehead atoms. The summed E-state index contributed by atoms with van der Waals surface area (Å²) in [6.07, 6.45) is 3.68. The second-order valence-electron chi connectivity index (χ2n) is 3.98. The van der Waals surface area contributed by atoms with Gasteiger partial charge in [0.05, 0.1) is 0 Å². The van der Waals surface area contributed by atoms with Crippen LogP contribution in [0.1, 0.15) is 42.7 Å². The third kappa shape index (κ3) is 3.33. The van der Waals surface area contributed by atoms with Crippen LogP contribution in [0.3, 0.4) is 0 Å². The molecule has 0 aliphatic rings. The highest BCUT2D eigenvalue weighted by Crippen LogP contribution is 2.07. The van der Waals surface area contributed by atoms with E-state index in [1.807, 2.05) is 17.9 Å². The second kappa shape index (κ2) is 6.26. The van der Waals surface area contributed by atoms with Crippen molar-refractivity contribution in [3.63, 3.8) is 0 Å². The van der Waals surface area contributed by atoms with E-state index in [1.165, 1.54) is 0 Å². The maximum absolute atomic E-state index is 12.2. The van der Waals surface area contributed by atoms with E-state index >= 15 is 0 Å². The van der Waals surface area contributed by atoms with E-state index in [2.05, 4.69) is 18.8 Å². The van der Waals surface area contributed by atoms with Crippen LogP contribution in [0.15, 0.2) is 18.3 Å². The first-order valence-electron chi connectivity index (χ1n) is 5.91. The Hall–Kier alpha value is -1.38. The average molecular weight is 220 g/mol. The predicted octanol–water partition coefficient (Wildman–Crippen LogP) is 2.65. The van der Waals surface area contributed by atoms with E-state index in [0.717, 1.165) is 37.2 Å². The Morgan fingerprint density at radius 3 is 2.44 bits per heavy atom. The minimum Gasteiger partial charge on any atom is -0.339 e. The Morgan fingerprint density at radius 2 is 1.94 bits per heavy atom. The molecule has 0 aliphatic heterocycles. The number of rotatable bonds is 5. The van der Waals surface area contributed by atoms with Gasteiger partial charge in [-0.15, -0.1) is 0 Å². The third-order valence-corrected chi connectivity index (χ3v) is 2.42. The molecule has 0 spiro atoms. The Kier molecular flexibility index (Phi) is 4.96. The molecule has 0 aliphatic carbocycles. The lowest BCUT2D eigenvalue weighted by molar-refractivity contribution is 0.0755. The molecule has 88 valence electrons. The zero-order chi connectivity index (χ0) is 12.0. The van der Waals surface area contributed by atoms with E-state index in [-0.39, 0.29) is 5.91 Å². The minimum atomic E-state index is 0.120. The summed E-state index contributed by atoms with van der Waals surface area (Å²) in [7, 11) is 0. The number of hydrogen-bond acceptors (Lipinski definition) is 2. The third-order valence-electron chi connectivity index (χ3n) is 2.42. The van der Waals surface area contributed by atoms with E-state index < -0.39 is 0 Å². The van der Waals surface area contributed by atoms with Crippen molar-refractivity contribution in [3.05, 3.63) is 29.6 Å². The molecule has 1 aromatic rings. The fourth-order valence-electron chi connectivity index (χ4n) is 1.72. The Labute approximate surface area is 97.5 Å². The van der Waals surface area contributed by atoms with Crippen LogP contribution >= 0.6 is 0 Å². The van der Waals surface area contributed by atoms with Gasteiger partial charge in [-0.05, 0) is 31.9 Å². The van der Waals surface area contributed by atoms with Crippen molar-refractivity contribution in [1.82, 2.24) is 9.88 Å². The van der Waals surface area contributed by atoms with Gasteiger partial charge in [-0.3, -0.25) is 9.78 Å². The van der Waals surface area contributed by atoms with Gasteiger partial charge in [0.15, 0.2) is 0 Å². The molecule has 0 fully saturated rings. The van der Waals surface area contributed by atoms with Crippen LogP contribution in [-0.2, 0) is 0 Å². The molecule has 3 heteroatoms. The van der Waals surface area contributed by atoms with Gasteiger partial charge in [0.1, 0.15) is 0 Å². The van der Waals surface area contributed by atoms with Crippen molar-refractivity contribution in [1.29, 1.82) is 0 Å². The van der Waals surface area contributed by atoms with Crippen molar-refractivity contribution in [2.24, 2.45) is 0 Å². The minimum absolute atomic E-state index is 0.120. The highest BCUT2D eigenvalue weighted by molar-refractivity contribution is 5.94. The number of amides is 1. The number of pyridine rings is 1. The number of aryl methyl sites for hydroxylation is 1. The van der Waals surface area contributed by atoms with Gasteiger partial charge >= 0.3 is 0 Å². The van der Waals surface area contributed by atoms with Crippen LogP contribution in [0.2, 0.25) is 0 Å². The first kappa shape index (κ1) is 12.7. The van der Waals surface area contributed by atoms with Crippen LogP contribution < -0.4 is 0 Å². The van der Waals surface area contributed by atoms with Crippen molar-refractivity contribution < 1.29 is 4.79 Å². The number of nitrogens with zero attached hydrogens (tertiary/aromatic N) is 2. The van der Waals surface area contributed by atoms with Crippen LogP contribution in [-0.4, -0.2) is 28.9 Å². The summed E-state index contributed by atoms with van der Waals surface area (Å²) < 4.78 is 0. The number of carbonyl (C=O) groups is 1. The van der Waals surface area contributed by atoms with Gasteiger partial charge in [-0.1, -0.05) is 13.8 Å². The molecule has 1 rings (SSSR count). The molecule has 0 radical (unpaired) electrons. The van der Waals surface area contributed by atoms with Gasteiger partial charge in [0.25, 0.3) is 5.91 Å². The Bertz CT molecular complexity index is 344. The highest BCUT2D eigenvalue weighted by atomic mass is 16.2. The normalized spacial score (nSPS) is 10.2. The van der Waals surface area contributed by atoms with E-state index in [0.29, 0.717) is 0 Å². The van der Waals surface area contributed by atoms with Crippen LogP contribution in [0, 0.1) is 6.92 Å². The van der Waals surface area contributed by atoms with Crippen LogP contribution in [0.5, 0.6) is 0 Å². The van der Waals surface area contributed by atoms with Crippen LogP contribution in [0.4, 0.5) is 0 Å². The van der Waals surface area contributed by atoms with E-state index in [9.17, 15) is 4.79 Å². The molecule has 3 nitrogen and oxygen atoms in total. The molecule has 1 aromatic heterocycles. The second-order valence-corrected chi connectivity index (χ2v) is 3.98. The van der Waals surface area contributed by atoms with Crippen molar-refractivity contribution >= 4 is 5.91 Å². The number of hydrogen-bond donors (Lipinski definition) is 0. The van der Waals surface area contributed by atoms with Crippen molar-refractivity contribution in [2.45, 2.75) is 33.6 Å². The molecule has 0 atom stereocenters. The van der Waals surface area contributed by atoms with Gasteiger partial charge in [0.2, 0.25) is 0 Å². The first-order valence-corrected chi connectivity index (χ1v) is 5.91. The lowest BCUT2D eigenvalue weighted by atomic mass is 10.2. The van der Waals surface area contributed by atoms with Crippen molar-refractivity contribution in [2.75, 3.05) is 13.1 Å². The molecule has 0 N–H and O–H groups in total. The fraction of sp³-hybridized carbons (Fsp3) is 0.538. The van der Waals surface area contributed by atoms with Crippen molar-refractivity contribution in [3.8, 4) is 0 Å². The molecule has 0 saturated heterocycles. The molecular weight excluding hydrogens is 200 g/mol. The van der Waals surface area contributed by atoms with Crippen LogP contribution in [0.25, 0.3) is 0 Å². The van der Waals surface area contributed by atoms with Gasteiger partial charge < -0.3 is 4.90 Å². The van der Waals surface area contributed by atoms with Gasteiger partial charge in [-0.2, -0.15) is 0 Å². The fourth-order valence-corrected chi connectivity index (χ4v) is 1.72. The van der Waals surface area contributed by atoms with E-state index in [1.54, 1.807) is 12.3 Å². The predicted molar refractivity (Wildman–Crippen MR) is 65.5 cm³/mol. The maximum atomic E-state index is 12.2. The molecule has 0 aromatic carbocycles. The molecule has 1 amide bonds. The summed E-state index contributed by atoms with van der Waals surface area (Å²) in [5, 5.41) is 0. The highest BCUT2D eigenvalue weighted by Gasteiger charge is 2.13. The zero-order valence-corrected chi connectivity index (χ0v) is 10.4. The lowest BCUT2D eigenvalue weighted by Crippen LogP contribution is -2.32. The molecule has 1 heterocycles. The molecule has 0 saturated carbocycles. The summed E-state index contributed by atoms with van der Waals surface area (Å²) in [6.45, 7) is 7.74. The first-order chi connectivity index (χ1) is 7.69. The van der Waals surface area contributed by atoms with E-state index in [4.69, 9.17) is 0 Å². The molecule has 16 heavy (non-hydrogen) atoms.